The fraction of sp³-hybridized carbons (Fsp3) is 0.357. The SMILES string of the molecule is Cc1ccc(C2=CCN(C)CC2)cc1C(N)=O. The van der Waals surface area contributed by atoms with Gasteiger partial charge in [-0.3, -0.25) is 4.79 Å². The van der Waals surface area contributed by atoms with Gasteiger partial charge in [0.1, 0.15) is 0 Å². The lowest BCUT2D eigenvalue weighted by Gasteiger charge is -2.22. The smallest absolute Gasteiger partial charge is 0.248 e. The first-order valence-corrected chi connectivity index (χ1v) is 5.86. The van der Waals surface area contributed by atoms with Crippen LogP contribution in [0.2, 0.25) is 0 Å². The van der Waals surface area contributed by atoms with Gasteiger partial charge in [-0.25, -0.2) is 0 Å². The molecule has 17 heavy (non-hydrogen) atoms. The Morgan fingerprint density at radius 1 is 1.41 bits per heavy atom. The Morgan fingerprint density at radius 2 is 2.18 bits per heavy atom. The topological polar surface area (TPSA) is 46.3 Å². The highest BCUT2D eigenvalue weighted by Crippen LogP contribution is 2.23. The molecule has 0 saturated heterocycles. The predicted molar refractivity (Wildman–Crippen MR) is 69.8 cm³/mol. The molecular weight excluding hydrogens is 212 g/mol. The quantitative estimate of drug-likeness (QED) is 0.842. The maximum atomic E-state index is 11.3. The van der Waals surface area contributed by atoms with Gasteiger partial charge in [0.25, 0.3) is 0 Å². The molecule has 3 nitrogen and oxygen atoms in total. The number of rotatable bonds is 2. The van der Waals surface area contributed by atoms with Crippen molar-refractivity contribution in [3.05, 3.63) is 41.0 Å². The van der Waals surface area contributed by atoms with E-state index >= 15 is 0 Å². The average Bonchev–Trinajstić information content (AvgIpc) is 2.30. The van der Waals surface area contributed by atoms with Crippen LogP contribution in [0.25, 0.3) is 5.57 Å². The first-order valence-electron chi connectivity index (χ1n) is 5.86. The number of aryl methyl sites for hydroxylation is 1. The van der Waals surface area contributed by atoms with Gasteiger partial charge in [-0.1, -0.05) is 18.2 Å². The predicted octanol–water partition coefficient (Wildman–Crippen LogP) is 1.81. The van der Waals surface area contributed by atoms with Crippen LogP contribution in [0.4, 0.5) is 0 Å². The van der Waals surface area contributed by atoms with Crippen molar-refractivity contribution in [1.82, 2.24) is 4.90 Å². The van der Waals surface area contributed by atoms with E-state index in [4.69, 9.17) is 5.73 Å². The van der Waals surface area contributed by atoms with Gasteiger partial charge >= 0.3 is 0 Å². The molecule has 1 aromatic rings. The molecule has 2 N–H and O–H groups in total. The van der Waals surface area contributed by atoms with Crippen LogP contribution < -0.4 is 5.73 Å². The first kappa shape index (κ1) is 11.9. The summed E-state index contributed by atoms with van der Waals surface area (Å²) in [5.41, 5.74) is 9.37. The van der Waals surface area contributed by atoms with Crippen molar-refractivity contribution in [3.8, 4) is 0 Å². The summed E-state index contributed by atoms with van der Waals surface area (Å²) in [4.78, 5) is 13.6. The number of carbonyl (C=O) groups is 1. The molecule has 2 rings (SSSR count). The average molecular weight is 230 g/mol. The second kappa shape index (κ2) is 4.72. The Hall–Kier alpha value is -1.61. The fourth-order valence-electron chi connectivity index (χ4n) is 2.12. The second-order valence-electron chi connectivity index (χ2n) is 4.64. The van der Waals surface area contributed by atoms with Gasteiger partial charge in [-0.2, -0.15) is 0 Å². The summed E-state index contributed by atoms with van der Waals surface area (Å²) in [7, 11) is 2.11. The third-order valence-corrected chi connectivity index (χ3v) is 3.29. The standard InChI is InChI=1S/C14H18N2O/c1-10-3-4-12(9-13(10)14(15)17)11-5-7-16(2)8-6-11/h3-5,9H,6-8H2,1-2H3,(H2,15,17). The Morgan fingerprint density at radius 3 is 2.76 bits per heavy atom. The van der Waals surface area contributed by atoms with Crippen molar-refractivity contribution in [1.29, 1.82) is 0 Å². The Bertz CT molecular complexity index is 477. The minimum atomic E-state index is -0.349. The third-order valence-electron chi connectivity index (χ3n) is 3.29. The minimum absolute atomic E-state index is 0.349. The normalized spacial score (nSPS) is 16.7. The van der Waals surface area contributed by atoms with Crippen molar-refractivity contribution < 1.29 is 4.79 Å². The zero-order chi connectivity index (χ0) is 12.4. The molecule has 1 heterocycles. The van der Waals surface area contributed by atoms with Gasteiger partial charge < -0.3 is 10.6 Å². The monoisotopic (exact) mass is 230 g/mol. The third kappa shape index (κ3) is 2.56. The van der Waals surface area contributed by atoms with Gasteiger partial charge in [-0.05, 0) is 43.2 Å². The van der Waals surface area contributed by atoms with Crippen molar-refractivity contribution >= 4 is 11.5 Å². The molecule has 0 radical (unpaired) electrons. The molecular formula is C14H18N2O. The maximum absolute atomic E-state index is 11.3. The number of carbonyl (C=O) groups excluding carboxylic acids is 1. The molecule has 0 fully saturated rings. The number of hydrogen-bond acceptors (Lipinski definition) is 2. The number of likely N-dealkylation sites (N-methyl/N-ethyl adjacent to an activating group) is 1. The molecule has 90 valence electrons. The van der Waals surface area contributed by atoms with Crippen molar-refractivity contribution in [3.63, 3.8) is 0 Å². The molecule has 1 aromatic carbocycles. The Balaban J connectivity index is 2.34. The van der Waals surface area contributed by atoms with E-state index in [2.05, 4.69) is 24.1 Å². The first-order chi connectivity index (χ1) is 8.08. The van der Waals surface area contributed by atoms with Crippen LogP contribution in [0.5, 0.6) is 0 Å². The van der Waals surface area contributed by atoms with Crippen LogP contribution in [0.1, 0.15) is 27.9 Å². The highest BCUT2D eigenvalue weighted by molar-refractivity contribution is 5.95. The van der Waals surface area contributed by atoms with E-state index < -0.39 is 0 Å². The van der Waals surface area contributed by atoms with E-state index in [1.165, 1.54) is 5.57 Å². The summed E-state index contributed by atoms with van der Waals surface area (Å²) in [6.45, 7) is 3.94. The van der Waals surface area contributed by atoms with E-state index in [0.717, 1.165) is 30.6 Å². The number of benzene rings is 1. The number of primary amides is 1. The molecule has 0 bridgehead atoms. The molecule has 1 aliphatic heterocycles. The Labute approximate surface area is 102 Å². The zero-order valence-electron chi connectivity index (χ0n) is 10.4. The number of amides is 1. The molecule has 0 aliphatic carbocycles. The van der Waals surface area contributed by atoms with Gasteiger partial charge in [0, 0.05) is 18.7 Å². The maximum Gasteiger partial charge on any atom is 0.248 e. The molecule has 0 spiro atoms. The van der Waals surface area contributed by atoms with Crippen LogP contribution in [-0.4, -0.2) is 30.9 Å². The minimum Gasteiger partial charge on any atom is -0.366 e. The van der Waals surface area contributed by atoms with E-state index in [0.29, 0.717) is 5.56 Å². The van der Waals surface area contributed by atoms with Crippen LogP contribution in [-0.2, 0) is 0 Å². The van der Waals surface area contributed by atoms with Gasteiger partial charge in [0.05, 0.1) is 0 Å². The fourth-order valence-corrected chi connectivity index (χ4v) is 2.12. The lowest BCUT2D eigenvalue weighted by atomic mass is 9.95. The van der Waals surface area contributed by atoms with Gasteiger partial charge in [0.2, 0.25) is 5.91 Å². The molecule has 1 amide bonds. The summed E-state index contributed by atoms with van der Waals surface area (Å²) in [6, 6.07) is 5.95. The largest absolute Gasteiger partial charge is 0.366 e. The van der Waals surface area contributed by atoms with Gasteiger partial charge in [-0.15, -0.1) is 0 Å². The lowest BCUT2D eigenvalue weighted by molar-refractivity contribution is 0.0999. The Kier molecular flexibility index (Phi) is 3.29. The molecule has 1 aliphatic rings. The van der Waals surface area contributed by atoms with Crippen molar-refractivity contribution in [2.24, 2.45) is 5.73 Å². The second-order valence-corrected chi connectivity index (χ2v) is 4.64. The molecule has 0 unspecified atom stereocenters. The van der Waals surface area contributed by atoms with E-state index in [9.17, 15) is 4.79 Å². The van der Waals surface area contributed by atoms with E-state index in [-0.39, 0.29) is 5.91 Å². The molecule has 0 atom stereocenters. The van der Waals surface area contributed by atoms with E-state index in [1.54, 1.807) is 0 Å². The van der Waals surface area contributed by atoms with Crippen LogP contribution in [0, 0.1) is 6.92 Å². The van der Waals surface area contributed by atoms with Crippen LogP contribution in [0.3, 0.4) is 0 Å². The highest BCUT2D eigenvalue weighted by Gasteiger charge is 2.12. The lowest BCUT2D eigenvalue weighted by Crippen LogP contribution is -2.23. The number of hydrogen-bond donors (Lipinski definition) is 1. The number of nitrogens with zero attached hydrogens (tertiary/aromatic N) is 1. The van der Waals surface area contributed by atoms with E-state index in [1.807, 2.05) is 19.1 Å². The summed E-state index contributed by atoms with van der Waals surface area (Å²) in [5.74, 6) is -0.349. The van der Waals surface area contributed by atoms with Crippen LogP contribution >= 0.6 is 0 Å². The summed E-state index contributed by atoms with van der Waals surface area (Å²) < 4.78 is 0. The molecule has 3 heteroatoms. The van der Waals surface area contributed by atoms with Crippen LogP contribution in [0.15, 0.2) is 24.3 Å². The van der Waals surface area contributed by atoms with Crippen molar-refractivity contribution in [2.75, 3.05) is 20.1 Å². The number of nitrogens with two attached hydrogens (primary N) is 1. The van der Waals surface area contributed by atoms with Crippen molar-refractivity contribution in [2.45, 2.75) is 13.3 Å². The summed E-state index contributed by atoms with van der Waals surface area (Å²) >= 11 is 0. The molecule has 0 saturated carbocycles. The highest BCUT2D eigenvalue weighted by atomic mass is 16.1. The van der Waals surface area contributed by atoms with Gasteiger partial charge in [0.15, 0.2) is 0 Å². The summed E-state index contributed by atoms with van der Waals surface area (Å²) in [5, 5.41) is 0. The molecule has 0 aromatic heterocycles. The zero-order valence-corrected chi connectivity index (χ0v) is 10.4. The summed E-state index contributed by atoms with van der Waals surface area (Å²) in [6.07, 6.45) is 3.25.